The molecule has 0 fully saturated rings. The Morgan fingerprint density at radius 2 is 1.70 bits per heavy atom. The largest absolute Gasteiger partial charge is 0.462 e. The molecule has 5 heteroatoms. The second-order valence-electron chi connectivity index (χ2n) is 5.67. The van der Waals surface area contributed by atoms with Gasteiger partial charge in [0.1, 0.15) is 5.00 Å². The Labute approximate surface area is 162 Å². The minimum atomic E-state index is -0.446. The lowest BCUT2D eigenvalue weighted by atomic mass is 10.1. The van der Waals surface area contributed by atoms with Crippen molar-refractivity contribution in [1.82, 2.24) is 0 Å². The third-order valence-corrected chi connectivity index (χ3v) is 4.85. The monoisotopic (exact) mass is 377 g/mol. The van der Waals surface area contributed by atoms with Crippen LogP contribution in [0.3, 0.4) is 0 Å². The number of hydrogen-bond acceptors (Lipinski definition) is 4. The minimum absolute atomic E-state index is 0.274. The van der Waals surface area contributed by atoms with E-state index in [2.05, 4.69) is 5.32 Å². The molecule has 0 spiro atoms. The van der Waals surface area contributed by atoms with Crippen LogP contribution in [0.15, 0.2) is 72.8 Å². The molecule has 136 valence electrons. The maximum absolute atomic E-state index is 12.3. The van der Waals surface area contributed by atoms with Crippen molar-refractivity contribution in [1.29, 1.82) is 0 Å². The molecule has 0 atom stereocenters. The average molecular weight is 377 g/mol. The summed E-state index contributed by atoms with van der Waals surface area (Å²) in [5.41, 5.74) is 2.27. The number of rotatable bonds is 6. The third-order valence-electron chi connectivity index (χ3n) is 3.75. The van der Waals surface area contributed by atoms with Crippen molar-refractivity contribution in [2.75, 3.05) is 11.9 Å². The molecule has 1 aromatic heterocycles. The number of thiophene rings is 1. The standard InChI is InChI=1S/C22H19NO3S/c1-2-26-22(25)18-15-19(17-11-7-4-8-12-17)27-21(18)23-20(24)14-13-16-9-5-3-6-10-16/h3-15H,2H2,1H3,(H,23,24). The Hall–Kier alpha value is -3.18. The van der Waals surface area contributed by atoms with Crippen LogP contribution >= 0.6 is 11.3 Å². The number of benzene rings is 2. The zero-order chi connectivity index (χ0) is 19.1. The van der Waals surface area contributed by atoms with Crippen LogP contribution in [0.1, 0.15) is 22.8 Å². The summed E-state index contributed by atoms with van der Waals surface area (Å²) >= 11 is 1.35. The zero-order valence-corrected chi connectivity index (χ0v) is 15.7. The van der Waals surface area contributed by atoms with Gasteiger partial charge < -0.3 is 10.1 Å². The van der Waals surface area contributed by atoms with E-state index in [1.165, 1.54) is 17.4 Å². The van der Waals surface area contributed by atoms with Crippen LogP contribution in [0.2, 0.25) is 0 Å². The van der Waals surface area contributed by atoms with Gasteiger partial charge in [0.05, 0.1) is 12.2 Å². The highest BCUT2D eigenvalue weighted by atomic mass is 32.1. The fourth-order valence-electron chi connectivity index (χ4n) is 2.48. The Morgan fingerprint density at radius 3 is 2.37 bits per heavy atom. The predicted molar refractivity (Wildman–Crippen MR) is 110 cm³/mol. The van der Waals surface area contributed by atoms with Crippen LogP contribution < -0.4 is 5.32 Å². The van der Waals surface area contributed by atoms with Crippen LogP contribution in [-0.4, -0.2) is 18.5 Å². The van der Waals surface area contributed by atoms with Crippen LogP contribution in [0.5, 0.6) is 0 Å². The number of nitrogens with one attached hydrogen (secondary N) is 1. The van der Waals surface area contributed by atoms with Crippen molar-refractivity contribution in [3.63, 3.8) is 0 Å². The molecule has 0 bridgehead atoms. The van der Waals surface area contributed by atoms with Gasteiger partial charge in [-0.05, 0) is 30.2 Å². The quantitative estimate of drug-likeness (QED) is 0.472. The first kappa shape index (κ1) is 18.6. The van der Waals surface area contributed by atoms with Crippen LogP contribution in [0.4, 0.5) is 5.00 Å². The molecule has 1 N–H and O–H groups in total. The lowest BCUT2D eigenvalue weighted by molar-refractivity contribution is -0.111. The molecule has 27 heavy (non-hydrogen) atoms. The predicted octanol–water partition coefficient (Wildman–Crippen LogP) is 5.24. The van der Waals surface area contributed by atoms with Crippen LogP contribution in [0, 0.1) is 0 Å². The highest BCUT2D eigenvalue weighted by molar-refractivity contribution is 7.20. The molecule has 3 rings (SSSR count). The molecule has 2 aromatic carbocycles. The van der Waals surface area contributed by atoms with E-state index in [1.54, 1.807) is 19.1 Å². The van der Waals surface area contributed by atoms with E-state index in [1.807, 2.05) is 60.7 Å². The van der Waals surface area contributed by atoms with Crippen molar-refractivity contribution in [3.05, 3.63) is 83.9 Å². The Kier molecular flexibility index (Phi) is 6.18. The van der Waals surface area contributed by atoms with E-state index in [9.17, 15) is 9.59 Å². The molecule has 0 unspecified atom stereocenters. The van der Waals surface area contributed by atoms with Crippen molar-refractivity contribution in [2.24, 2.45) is 0 Å². The van der Waals surface area contributed by atoms with Gasteiger partial charge in [0.15, 0.2) is 0 Å². The van der Waals surface area contributed by atoms with Gasteiger partial charge in [-0.2, -0.15) is 0 Å². The van der Waals surface area contributed by atoms with Crippen LogP contribution in [0.25, 0.3) is 16.5 Å². The van der Waals surface area contributed by atoms with Crippen LogP contribution in [-0.2, 0) is 9.53 Å². The third kappa shape index (κ3) is 4.92. The summed E-state index contributed by atoms with van der Waals surface area (Å²) in [4.78, 5) is 25.5. The zero-order valence-electron chi connectivity index (χ0n) is 14.8. The van der Waals surface area contributed by atoms with Gasteiger partial charge in [0.25, 0.3) is 0 Å². The molecule has 3 aromatic rings. The average Bonchev–Trinajstić information content (AvgIpc) is 3.12. The van der Waals surface area contributed by atoms with Crippen molar-refractivity contribution >= 4 is 34.3 Å². The molecule has 0 aliphatic heterocycles. The van der Waals surface area contributed by atoms with E-state index in [-0.39, 0.29) is 12.5 Å². The van der Waals surface area contributed by atoms with Gasteiger partial charge in [-0.1, -0.05) is 60.7 Å². The highest BCUT2D eigenvalue weighted by Crippen LogP contribution is 2.35. The van der Waals surface area contributed by atoms with Gasteiger partial charge in [-0.3, -0.25) is 4.79 Å². The number of carbonyl (C=O) groups is 2. The minimum Gasteiger partial charge on any atom is -0.462 e. The van der Waals surface area contributed by atoms with Crippen molar-refractivity contribution in [2.45, 2.75) is 6.92 Å². The Bertz CT molecular complexity index is 946. The van der Waals surface area contributed by atoms with E-state index in [0.29, 0.717) is 10.6 Å². The summed E-state index contributed by atoms with van der Waals surface area (Å²) in [7, 11) is 0. The van der Waals surface area contributed by atoms with E-state index in [4.69, 9.17) is 4.74 Å². The fraction of sp³-hybridized carbons (Fsp3) is 0.0909. The molecule has 1 heterocycles. The summed E-state index contributed by atoms with van der Waals surface area (Å²) < 4.78 is 5.13. The van der Waals surface area contributed by atoms with Gasteiger partial charge in [0.2, 0.25) is 5.91 Å². The maximum Gasteiger partial charge on any atom is 0.341 e. The molecule has 0 saturated carbocycles. The number of esters is 1. The maximum atomic E-state index is 12.3. The molecule has 0 aliphatic carbocycles. The van der Waals surface area contributed by atoms with Gasteiger partial charge in [-0.15, -0.1) is 11.3 Å². The summed E-state index contributed by atoms with van der Waals surface area (Å²) in [6, 6.07) is 21.0. The summed E-state index contributed by atoms with van der Waals surface area (Å²) in [5, 5.41) is 3.28. The summed E-state index contributed by atoms with van der Waals surface area (Å²) in [6.07, 6.45) is 3.18. The first-order chi connectivity index (χ1) is 13.2. The molecule has 4 nitrogen and oxygen atoms in total. The van der Waals surface area contributed by atoms with Crippen molar-refractivity contribution in [3.8, 4) is 10.4 Å². The Balaban J connectivity index is 1.84. The van der Waals surface area contributed by atoms with Crippen molar-refractivity contribution < 1.29 is 14.3 Å². The fourth-order valence-corrected chi connectivity index (χ4v) is 3.53. The molecule has 0 saturated heterocycles. The van der Waals surface area contributed by atoms with Gasteiger partial charge in [0, 0.05) is 11.0 Å². The molecule has 1 amide bonds. The van der Waals surface area contributed by atoms with Gasteiger partial charge in [-0.25, -0.2) is 4.79 Å². The van der Waals surface area contributed by atoms with E-state index < -0.39 is 5.97 Å². The van der Waals surface area contributed by atoms with E-state index in [0.717, 1.165) is 16.0 Å². The first-order valence-electron chi connectivity index (χ1n) is 8.58. The normalized spacial score (nSPS) is 10.7. The number of hydrogen-bond donors (Lipinski definition) is 1. The molecular formula is C22H19NO3S. The molecular weight excluding hydrogens is 358 g/mol. The number of carbonyl (C=O) groups excluding carboxylic acids is 2. The summed E-state index contributed by atoms with van der Waals surface area (Å²) in [5.74, 6) is -0.746. The molecule has 0 aliphatic rings. The number of amides is 1. The first-order valence-corrected chi connectivity index (χ1v) is 9.39. The second kappa shape index (κ2) is 8.96. The number of ether oxygens (including phenoxy) is 1. The topological polar surface area (TPSA) is 55.4 Å². The lowest BCUT2D eigenvalue weighted by Crippen LogP contribution is -2.11. The summed E-state index contributed by atoms with van der Waals surface area (Å²) in [6.45, 7) is 2.03. The smallest absolute Gasteiger partial charge is 0.341 e. The van der Waals surface area contributed by atoms with Gasteiger partial charge >= 0.3 is 5.97 Å². The SMILES string of the molecule is CCOC(=O)c1cc(-c2ccccc2)sc1NC(=O)C=Cc1ccccc1. The Morgan fingerprint density at radius 1 is 1.04 bits per heavy atom. The lowest BCUT2D eigenvalue weighted by Gasteiger charge is -2.03. The van der Waals surface area contributed by atoms with E-state index >= 15 is 0 Å². The highest BCUT2D eigenvalue weighted by Gasteiger charge is 2.19. The second-order valence-corrected chi connectivity index (χ2v) is 6.73. The number of anilines is 1. The molecule has 0 radical (unpaired) electrons.